The second kappa shape index (κ2) is 9.78. The molecule has 2 heterocycles. The Morgan fingerprint density at radius 3 is 2.45 bits per heavy atom. The number of methoxy groups -OCH3 is 1. The summed E-state index contributed by atoms with van der Waals surface area (Å²) in [5.74, 6) is -1.57. The van der Waals surface area contributed by atoms with Gasteiger partial charge in [0.1, 0.15) is 11.5 Å². The van der Waals surface area contributed by atoms with Gasteiger partial charge in [-0.25, -0.2) is 0 Å². The molecule has 4 atom stereocenters. The van der Waals surface area contributed by atoms with Gasteiger partial charge >= 0.3 is 0 Å². The third-order valence-corrected chi connectivity index (χ3v) is 5.64. The predicted octanol–water partition coefficient (Wildman–Crippen LogP) is 1.23. The molecule has 5 N–H and O–H groups in total. The maximum atomic E-state index is 13.1. The number of hydrogen-bond acceptors (Lipinski definition) is 7. The Hall–Kier alpha value is -3.79. The van der Waals surface area contributed by atoms with Gasteiger partial charge in [0, 0.05) is 6.42 Å². The first-order chi connectivity index (χ1) is 16.0. The molecular formula is C23H27N5O5. The minimum Gasteiger partial charge on any atom is -0.495 e. The minimum absolute atomic E-state index is 0.0937. The first kappa shape index (κ1) is 22.4. The Balaban J connectivity index is 1.50. The quantitative estimate of drug-likeness (QED) is 0.426. The van der Waals surface area contributed by atoms with Crippen molar-refractivity contribution in [1.29, 1.82) is 0 Å². The average Bonchev–Trinajstić information content (AvgIpc) is 2.80. The van der Waals surface area contributed by atoms with Crippen molar-refractivity contribution < 1.29 is 23.9 Å². The number of anilines is 2. The highest BCUT2D eigenvalue weighted by Gasteiger charge is 2.48. The molecule has 0 aliphatic carbocycles. The monoisotopic (exact) mass is 453 g/mol. The van der Waals surface area contributed by atoms with E-state index in [9.17, 15) is 14.4 Å². The Morgan fingerprint density at radius 2 is 1.73 bits per heavy atom. The van der Waals surface area contributed by atoms with E-state index < -0.39 is 30.2 Å². The molecule has 0 aromatic heterocycles. The van der Waals surface area contributed by atoms with Crippen molar-refractivity contribution >= 4 is 29.1 Å². The molecule has 10 heteroatoms. The molecule has 0 radical (unpaired) electrons. The van der Waals surface area contributed by atoms with Gasteiger partial charge in [0.05, 0.1) is 43.1 Å². The highest BCUT2D eigenvalue weighted by atomic mass is 16.5. The average molecular weight is 453 g/mol. The molecule has 2 aromatic rings. The molecule has 10 nitrogen and oxygen atoms in total. The van der Waals surface area contributed by atoms with Crippen molar-refractivity contribution in [3.05, 3.63) is 48.5 Å². The molecule has 2 aliphatic rings. The van der Waals surface area contributed by atoms with E-state index >= 15 is 0 Å². The first-order valence-electron chi connectivity index (χ1n) is 10.8. The van der Waals surface area contributed by atoms with Crippen LogP contribution in [0.25, 0.3) is 0 Å². The smallest absolute Gasteiger partial charge is 0.229 e. The van der Waals surface area contributed by atoms with Crippen molar-refractivity contribution in [1.82, 2.24) is 16.0 Å². The fourth-order valence-electron chi connectivity index (χ4n) is 4.15. The van der Waals surface area contributed by atoms with Crippen LogP contribution in [0.3, 0.4) is 0 Å². The lowest BCUT2D eigenvalue weighted by Crippen LogP contribution is -2.72. The number of carbonyl (C=O) groups is 3. The molecule has 0 saturated carbocycles. The van der Waals surface area contributed by atoms with Crippen LogP contribution >= 0.6 is 0 Å². The number of rotatable bonds is 7. The maximum absolute atomic E-state index is 13.1. The summed E-state index contributed by atoms with van der Waals surface area (Å²) >= 11 is 0. The van der Waals surface area contributed by atoms with E-state index in [1.165, 1.54) is 0 Å². The standard InChI is InChI=1S/C23H27N5O5/c1-3-33-17-11-7-5-9-15(17)24-21(30)13-12-18(29)26-20-19(13)22(31)28-23(27-20)25-14-8-4-6-10-16(14)32-2/h4-11,13,19-20,23,25,27H,3,12H2,1-2H3,(H,24,30)(H,26,29)(H,28,31). The molecule has 2 saturated heterocycles. The summed E-state index contributed by atoms with van der Waals surface area (Å²) in [6.45, 7) is 2.29. The van der Waals surface area contributed by atoms with Crippen molar-refractivity contribution in [3.8, 4) is 11.5 Å². The first-order valence-corrected chi connectivity index (χ1v) is 10.8. The lowest BCUT2D eigenvalue weighted by atomic mass is 9.81. The van der Waals surface area contributed by atoms with E-state index in [-0.39, 0.29) is 18.2 Å². The van der Waals surface area contributed by atoms with Gasteiger partial charge in [-0.15, -0.1) is 0 Å². The highest BCUT2D eigenvalue weighted by Crippen LogP contribution is 2.31. The van der Waals surface area contributed by atoms with E-state index in [1.807, 2.05) is 25.1 Å². The van der Waals surface area contributed by atoms with Crippen LogP contribution in [0, 0.1) is 11.8 Å². The van der Waals surface area contributed by atoms with Gasteiger partial charge < -0.3 is 30.7 Å². The lowest BCUT2D eigenvalue weighted by Gasteiger charge is -2.43. The van der Waals surface area contributed by atoms with Crippen LogP contribution in [0.2, 0.25) is 0 Å². The Labute approximate surface area is 191 Å². The normalized spacial score (nSPS) is 24.1. The summed E-state index contributed by atoms with van der Waals surface area (Å²) in [7, 11) is 1.55. The zero-order chi connectivity index (χ0) is 23.4. The van der Waals surface area contributed by atoms with Gasteiger partial charge in [-0.1, -0.05) is 24.3 Å². The van der Waals surface area contributed by atoms with Crippen LogP contribution in [0.5, 0.6) is 11.5 Å². The van der Waals surface area contributed by atoms with Gasteiger partial charge in [-0.2, -0.15) is 0 Å². The largest absolute Gasteiger partial charge is 0.495 e. The summed E-state index contributed by atoms with van der Waals surface area (Å²) in [6.07, 6.45) is -1.48. The Morgan fingerprint density at radius 1 is 1.03 bits per heavy atom. The second-order valence-corrected chi connectivity index (χ2v) is 7.75. The molecule has 4 rings (SSSR count). The maximum Gasteiger partial charge on any atom is 0.229 e. The van der Waals surface area contributed by atoms with Gasteiger partial charge in [0.15, 0.2) is 6.29 Å². The van der Waals surface area contributed by atoms with Crippen LogP contribution in [0.1, 0.15) is 13.3 Å². The number of benzene rings is 2. The van der Waals surface area contributed by atoms with E-state index in [0.717, 1.165) is 0 Å². The molecule has 0 spiro atoms. The SMILES string of the molecule is CCOc1ccccc1NC(=O)C1CC(=O)NC2NC(Nc3ccccc3OC)NC(=O)C21. The molecule has 3 amide bonds. The highest BCUT2D eigenvalue weighted by molar-refractivity contribution is 6.01. The summed E-state index contributed by atoms with van der Waals surface area (Å²) in [4.78, 5) is 38.6. The van der Waals surface area contributed by atoms with Crippen LogP contribution in [-0.4, -0.2) is 43.9 Å². The summed E-state index contributed by atoms with van der Waals surface area (Å²) < 4.78 is 10.9. The van der Waals surface area contributed by atoms with E-state index in [4.69, 9.17) is 9.47 Å². The molecule has 2 aliphatic heterocycles. The second-order valence-electron chi connectivity index (χ2n) is 7.75. The van der Waals surface area contributed by atoms with Gasteiger partial charge in [-0.3, -0.25) is 19.7 Å². The van der Waals surface area contributed by atoms with E-state index in [0.29, 0.717) is 29.5 Å². The number of amides is 3. The number of carbonyl (C=O) groups excluding carboxylic acids is 3. The van der Waals surface area contributed by atoms with Gasteiger partial charge in [0.25, 0.3) is 0 Å². The zero-order valence-corrected chi connectivity index (χ0v) is 18.4. The third-order valence-electron chi connectivity index (χ3n) is 5.64. The van der Waals surface area contributed by atoms with E-state index in [2.05, 4.69) is 26.6 Å². The molecule has 0 bridgehead atoms. The number of piperidine rings is 1. The number of hydrogen-bond donors (Lipinski definition) is 5. The molecule has 174 valence electrons. The van der Waals surface area contributed by atoms with Crippen LogP contribution < -0.4 is 36.1 Å². The molecule has 2 fully saturated rings. The lowest BCUT2D eigenvalue weighted by molar-refractivity contribution is -0.144. The third kappa shape index (κ3) is 4.85. The topological polar surface area (TPSA) is 130 Å². The minimum atomic E-state index is -0.849. The number of para-hydroxylation sites is 4. The van der Waals surface area contributed by atoms with Crippen molar-refractivity contribution in [3.63, 3.8) is 0 Å². The molecule has 2 aromatic carbocycles. The zero-order valence-electron chi connectivity index (χ0n) is 18.4. The van der Waals surface area contributed by atoms with Gasteiger partial charge in [-0.05, 0) is 31.2 Å². The van der Waals surface area contributed by atoms with Crippen molar-refractivity contribution in [2.75, 3.05) is 24.4 Å². The summed E-state index contributed by atoms with van der Waals surface area (Å²) in [5.41, 5.74) is 1.16. The number of nitrogens with one attached hydrogen (secondary N) is 5. The van der Waals surface area contributed by atoms with E-state index in [1.54, 1.807) is 37.4 Å². The number of fused-ring (bicyclic) bond motifs is 1. The molecule has 33 heavy (non-hydrogen) atoms. The van der Waals surface area contributed by atoms with Crippen molar-refractivity contribution in [2.24, 2.45) is 11.8 Å². The summed E-state index contributed by atoms with van der Waals surface area (Å²) in [6, 6.07) is 14.3. The predicted molar refractivity (Wildman–Crippen MR) is 121 cm³/mol. The van der Waals surface area contributed by atoms with Crippen LogP contribution in [0.15, 0.2) is 48.5 Å². The van der Waals surface area contributed by atoms with Gasteiger partial charge in [0.2, 0.25) is 17.7 Å². The van der Waals surface area contributed by atoms with Crippen LogP contribution in [0.4, 0.5) is 11.4 Å². The Kier molecular flexibility index (Phi) is 6.64. The fourth-order valence-corrected chi connectivity index (χ4v) is 4.15. The number of ether oxygens (including phenoxy) is 2. The molecule has 4 unspecified atom stereocenters. The summed E-state index contributed by atoms with van der Waals surface area (Å²) in [5, 5.41) is 14.8. The molecular weight excluding hydrogens is 426 g/mol. The Bertz CT molecular complexity index is 1050. The fraction of sp³-hybridized carbons (Fsp3) is 0.348. The van der Waals surface area contributed by atoms with Crippen molar-refractivity contribution in [2.45, 2.75) is 25.8 Å². The van der Waals surface area contributed by atoms with Crippen LogP contribution in [-0.2, 0) is 14.4 Å².